The minimum Gasteiger partial charge on any atom is -0.352 e. The molecule has 0 saturated carbocycles. The molecule has 2 atom stereocenters. The highest BCUT2D eigenvalue weighted by molar-refractivity contribution is 5.79. The van der Waals surface area contributed by atoms with Crippen molar-refractivity contribution in [3.05, 3.63) is 83.2 Å². The summed E-state index contributed by atoms with van der Waals surface area (Å²) in [5.74, 6) is -2.41. The molecule has 1 aliphatic heterocycles. The van der Waals surface area contributed by atoms with Crippen molar-refractivity contribution in [3.8, 4) is 0 Å². The van der Waals surface area contributed by atoms with E-state index in [2.05, 4.69) is 10.2 Å². The first-order valence-electron chi connectivity index (χ1n) is 9.29. The number of carbonyl (C=O) groups is 1. The smallest absolute Gasteiger partial charge is 0.225 e. The number of hydrogen-bond acceptors (Lipinski definition) is 2. The largest absolute Gasteiger partial charge is 0.352 e. The van der Waals surface area contributed by atoms with Gasteiger partial charge in [0.05, 0.1) is 5.92 Å². The van der Waals surface area contributed by atoms with E-state index < -0.39 is 11.6 Å². The highest BCUT2D eigenvalue weighted by Crippen LogP contribution is 2.22. The Morgan fingerprint density at radius 1 is 1.04 bits per heavy atom. The minimum atomic E-state index is -0.871. The predicted molar refractivity (Wildman–Crippen MR) is 102 cm³/mol. The summed E-state index contributed by atoms with van der Waals surface area (Å²) in [5.41, 5.74) is 1.48. The summed E-state index contributed by atoms with van der Waals surface area (Å²) < 4.78 is 39.7. The van der Waals surface area contributed by atoms with E-state index in [9.17, 15) is 18.0 Å². The molecule has 1 heterocycles. The first-order valence-corrected chi connectivity index (χ1v) is 9.29. The third-order valence-corrected chi connectivity index (χ3v) is 5.14. The van der Waals surface area contributed by atoms with Crippen molar-refractivity contribution in [1.82, 2.24) is 10.2 Å². The monoisotopic (exact) mass is 388 g/mol. The molecule has 0 bridgehead atoms. The highest BCUT2D eigenvalue weighted by atomic mass is 19.2. The first-order chi connectivity index (χ1) is 13.4. The van der Waals surface area contributed by atoms with Crippen LogP contribution in [0.1, 0.15) is 24.5 Å². The number of nitrogens with one attached hydrogen (secondary N) is 1. The van der Waals surface area contributed by atoms with Crippen LogP contribution < -0.4 is 5.32 Å². The van der Waals surface area contributed by atoms with Crippen LogP contribution in [0.4, 0.5) is 13.2 Å². The Morgan fingerprint density at radius 2 is 1.75 bits per heavy atom. The standard InChI is InChI=1S/C22H23F3N2O/c1-15-19(22(28)26-13-16-5-8-18(23)9-6-16)4-2-3-11-27(15)14-17-7-10-20(24)21(25)12-17/h2-3,5-10,12,15,19H,4,11,13-14H2,1H3,(H,26,28)/t15-,19+/m1/s1. The van der Waals surface area contributed by atoms with Gasteiger partial charge in [-0.25, -0.2) is 13.2 Å². The Kier molecular flexibility index (Phi) is 6.52. The Labute approximate surface area is 162 Å². The first kappa shape index (κ1) is 20.1. The molecular formula is C22H23F3N2O. The van der Waals surface area contributed by atoms with Gasteiger partial charge in [-0.3, -0.25) is 9.69 Å². The molecule has 6 heteroatoms. The van der Waals surface area contributed by atoms with Crippen molar-refractivity contribution in [1.29, 1.82) is 0 Å². The van der Waals surface area contributed by atoms with Crippen molar-refractivity contribution in [3.63, 3.8) is 0 Å². The molecule has 1 amide bonds. The van der Waals surface area contributed by atoms with Crippen molar-refractivity contribution >= 4 is 5.91 Å². The van der Waals surface area contributed by atoms with E-state index in [1.165, 1.54) is 18.2 Å². The van der Waals surface area contributed by atoms with Crippen molar-refractivity contribution in [2.24, 2.45) is 5.92 Å². The molecule has 0 aromatic heterocycles. The van der Waals surface area contributed by atoms with Crippen molar-refractivity contribution in [2.45, 2.75) is 32.5 Å². The predicted octanol–water partition coefficient (Wildman–Crippen LogP) is 4.19. The number of rotatable bonds is 5. The molecular weight excluding hydrogens is 365 g/mol. The van der Waals surface area contributed by atoms with Gasteiger partial charge in [0.15, 0.2) is 11.6 Å². The maximum atomic E-state index is 13.5. The van der Waals surface area contributed by atoms with Crippen LogP contribution in [-0.4, -0.2) is 23.4 Å². The van der Waals surface area contributed by atoms with E-state index in [0.29, 0.717) is 31.6 Å². The molecule has 0 spiro atoms. The summed E-state index contributed by atoms with van der Waals surface area (Å²) in [7, 11) is 0. The van der Waals surface area contributed by atoms with Crippen LogP contribution in [-0.2, 0) is 17.9 Å². The second-order valence-electron chi connectivity index (χ2n) is 7.08. The highest BCUT2D eigenvalue weighted by Gasteiger charge is 2.29. The molecule has 1 aliphatic rings. The van der Waals surface area contributed by atoms with Crippen LogP contribution >= 0.6 is 0 Å². The fourth-order valence-corrected chi connectivity index (χ4v) is 3.40. The van der Waals surface area contributed by atoms with Crippen LogP contribution in [0, 0.1) is 23.4 Å². The maximum Gasteiger partial charge on any atom is 0.225 e. The lowest BCUT2D eigenvalue weighted by molar-refractivity contribution is -0.127. The molecule has 1 N–H and O–H groups in total. The fraction of sp³-hybridized carbons (Fsp3) is 0.318. The van der Waals surface area contributed by atoms with E-state index in [0.717, 1.165) is 11.6 Å². The van der Waals surface area contributed by atoms with Gasteiger partial charge in [-0.1, -0.05) is 30.4 Å². The number of carbonyl (C=O) groups excluding carboxylic acids is 1. The van der Waals surface area contributed by atoms with Gasteiger partial charge in [-0.15, -0.1) is 0 Å². The SMILES string of the molecule is C[C@@H]1[C@@H](C(=O)NCc2ccc(F)cc2)CC=CCN1Cc1ccc(F)c(F)c1. The molecule has 0 aliphatic carbocycles. The summed E-state index contributed by atoms with van der Waals surface area (Å²) >= 11 is 0. The zero-order chi connectivity index (χ0) is 20.1. The number of allylic oxidation sites excluding steroid dienone is 1. The molecule has 148 valence electrons. The van der Waals surface area contributed by atoms with Gasteiger partial charge in [0.25, 0.3) is 0 Å². The average molecular weight is 388 g/mol. The van der Waals surface area contributed by atoms with Crippen LogP contribution in [0.15, 0.2) is 54.6 Å². The van der Waals surface area contributed by atoms with E-state index in [1.807, 2.05) is 19.1 Å². The lowest BCUT2D eigenvalue weighted by Crippen LogP contribution is -2.44. The Morgan fingerprint density at radius 3 is 2.46 bits per heavy atom. The van der Waals surface area contributed by atoms with Crippen LogP contribution in [0.25, 0.3) is 0 Å². The van der Waals surface area contributed by atoms with Gasteiger partial charge >= 0.3 is 0 Å². The molecule has 3 rings (SSSR count). The Bertz CT molecular complexity index is 851. The van der Waals surface area contributed by atoms with Crippen LogP contribution in [0.3, 0.4) is 0 Å². The van der Waals surface area contributed by atoms with Gasteiger partial charge < -0.3 is 5.32 Å². The zero-order valence-electron chi connectivity index (χ0n) is 15.7. The second kappa shape index (κ2) is 9.06. The molecule has 0 radical (unpaired) electrons. The molecule has 2 aromatic carbocycles. The number of halogens is 3. The second-order valence-corrected chi connectivity index (χ2v) is 7.08. The summed E-state index contributed by atoms with van der Waals surface area (Å²) in [5, 5.41) is 2.92. The fourth-order valence-electron chi connectivity index (χ4n) is 3.40. The average Bonchev–Trinajstić information content (AvgIpc) is 2.86. The zero-order valence-corrected chi connectivity index (χ0v) is 15.7. The van der Waals surface area contributed by atoms with Gasteiger partial charge in [0.1, 0.15) is 5.82 Å². The number of hydrogen-bond donors (Lipinski definition) is 1. The third-order valence-electron chi connectivity index (χ3n) is 5.14. The van der Waals surface area contributed by atoms with Crippen LogP contribution in [0.5, 0.6) is 0 Å². The summed E-state index contributed by atoms with van der Waals surface area (Å²) in [6.07, 6.45) is 4.57. The quantitative estimate of drug-likeness (QED) is 0.779. The van der Waals surface area contributed by atoms with Crippen molar-refractivity contribution in [2.75, 3.05) is 6.54 Å². The third kappa shape index (κ3) is 5.01. The Hall–Kier alpha value is -2.60. The molecule has 3 nitrogen and oxygen atoms in total. The minimum absolute atomic E-state index is 0.0846. The summed E-state index contributed by atoms with van der Waals surface area (Å²) in [4.78, 5) is 14.8. The summed E-state index contributed by atoms with van der Waals surface area (Å²) in [6, 6.07) is 9.79. The maximum absolute atomic E-state index is 13.5. The molecule has 2 aromatic rings. The molecule has 0 fully saturated rings. The normalized spacial score (nSPS) is 20.0. The lowest BCUT2D eigenvalue weighted by atomic mass is 9.95. The molecule has 28 heavy (non-hydrogen) atoms. The topological polar surface area (TPSA) is 32.3 Å². The number of benzene rings is 2. The van der Waals surface area contributed by atoms with Gasteiger partial charge in [-0.05, 0) is 48.7 Å². The van der Waals surface area contributed by atoms with Gasteiger partial charge in [-0.2, -0.15) is 0 Å². The number of nitrogens with zero attached hydrogens (tertiary/aromatic N) is 1. The van der Waals surface area contributed by atoms with Gasteiger partial charge in [0, 0.05) is 25.7 Å². The van der Waals surface area contributed by atoms with Crippen LogP contribution in [0.2, 0.25) is 0 Å². The van der Waals surface area contributed by atoms with Crippen molar-refractivity contribution < 1.29 is 18.0 Å². The van der Waals surface area contributed by atoms with E-state index in [1.54, 1.807) is 18.2 Å². The van der Waals surface area contributed by atoms with Gasteiger partial charge in [0.2, 0.25) is 5.91 Å². The molecule has 0 saturated heterocycles. The van der Waals surface area contributed by atoms with E-state index in [-0.39, 0.29) is 23.7 Å². The Balaban J connectivity index is 1.65. The molecule has 0 unspecified atom stereocenters. The van der Waals surface area contributed by atoms with E-state index >= 15 is 0 Å². The van der Waals surface area contributed by atoms with E-state index in [4.69, 9.17) is 0 Å². The number of amides is 1. The lowest BCUT2D eigenvalue weighted by Gasteiger charge is -2.31. The summed E-state index contributed by atoms with van der Waals surface area (Å²) in [6.45, 7) is 3.34.